The summed E-state index contributed by atoms with van der Waals surface area (Å²) in [5.74, 6) is -1.47. The highest BCUT2D eigenvalue weighted by molar-refractivity contribution is 5.98. The van der Waals surface area contributed by atoms with Gasteiger partial charge < -0.3 is 20.0 Å². The number of rotatable bonds is 9. The maximum Gasteiger partial charge on any atom is 0.282 e. The molecule has 1 atom stereocenters. The van der Waals surface area contributed by atoms with Gasteiger partial charge in [-0.15, -0.1) is 0 Å². The van der Waals surface area contributed by atoms with Crippen molar-refractivity contribution in [3.8, 4) is 5.75 Å². The molecule has 142 valence electrons. The lowest BCUT2D eigenvalue weighted by Gasteiger charge is -2.20. The number of amides is 1. The van der Waals surface area contributed by atoms with E-state index in [4.69, 9.17) is 4.74 Å². The molecule has 0 heterocycles. The van der Waals surface area contributed by atoms with Crippen LogP contribution in [0.15, 0.2) is 48.5 Å². The number of carboxylic acid groups (broad SMARTS) is 1. The predicted molar refractivity (Wildman–Crippen MR) is 95.2 cm³/mol. The van der Waals surface area contributed by atoms with E-state index < -0.39 is 29.3 Å². The lowest BCUT2D eigenvalue weighted by Crippen LogP contribution is -2.34. The molecule has 2 aromatic carbocycles. The van der Waals surface area contributed by atoms with E-state index in [1.54, 1.807) is 24.3 Å². The number of benzene rings is 2. The molecule has 0 aliphatic rings. The summed E-state index contributed by atoms with van der Waals surface area (Å²) >= 11 is 0. The third-order valence-corrected chi connectivity index (χ3v) is 3.78. The van der Waals surface area contributed by atoms with Crippen molar-refractivity contribution in [3.63, 3.8) is 0 Å². The molecule has 0 unspecified atom stereocenters. The lowest BCUT2D eigenvalue weighted by atomic mass is 10.0. The van der Waals surface area contributed by atoms with Gasteiger partial charge in [0, 0.05) is 18.5 Å². The molecule has 0 radical (unpaired) electrons. The zero-order valence-electron chi connectivity index (χ0n) is 14.7. The minimum Gasteiger partial charge on any atom is -0.550 e. The Morgan fingerprint density at radius 1 is 1.15 bits per heavy atom. The Kier molecular flexibility index (Phi) is 6.87. The average Bonchev–Trinajstić information content (AvgIpc) is 2.65. The van der Waals surface area contributed by atoms with Crippen LogP contribution in [0.25, 0.3) is 0 Å². The van der Waals surface area contributed by atoms with E-state index >= 15 is 0 Å². The number of nitrogens with zero attached hydrogens (tertiary/aromatic N) is 1. The third kappa shape index (κ3) is 5.53. The SMILES string of the molecule is CCCOc1ccc([C@H](CC(=O)[O-])NC(=O)c2ccccc2[N+](=O)[O-])cc1. The molecule has 8 nitrogen and oxygen atoms in total. The summed E-state index contributed by atoms with van der Waals surface area (Å²) in [6.07, 6.45) is 0.377. The molecule has 1 amide bonds. The Morgan fingerprint density at radius 2 is 1.81 bits per heavy atom. The van der Waals surface area contributed by atoms with Gasteiger partial charge >= 0.3 is 0 Å². The Labute approximate surface area is 155 Å². The molecule has 0 aliphatic heterocycles. The van der Waals surface area contributed by atoms with Crippen LogP contribution in [0, 0.1) is 10.1 Å². The number of hydrogen-bond donors (Lipinski definition) is 1. The number of nitro groups is 1. The van der Waals surface area contributed by atoms with Crippen molar-refractivity contribution in [2.24, 2.45) is 0 Å². The quantitative estimate of drug-likeness (QED) is 0.531. The Bertz CT molecular complexity index is 819. The van der Waals surface area contributed by atoms with Crippen LogP contribution < -0.4 is 15.2 Å². The Balaban J connectivity index is 2.23. The summed E-state index contributed by atoms with van der Waals surface area (Å²) in [7, 11) is 0. The van der Waals surface area contributed by atoms with E-state index in [1.807, 2.05) is 6.92 Å². The normalized spacial score (nSPS) is 11.4. The average molecular weight is 371 g/mol. The van der Waals surface area contributed by atoms with Crippen molar-refractivity contribution in [2.75, 3.05) is 6.61 Å². The molecular formula is C19H19N2O6-. The Morgan fingerprint density at radius 3 is 2.41 bits per heavy atom. The van der Waals surface area contributed by atoms with Gasteiger partial charge in [0.2, 0.25) is 0 Å². The van der Waals surface area contributed by atoms with Crippen molar-refractivity contribution in [2.45, 2.75) is 25.8 Å². The van der Waals surface area contributed by atoms with Gasteiger partial charge in [0.25, 0.3) is 11.6 Å². The minimum absolute atomic E-state index is 0.145. The van der Waals surface area contributed by atoms with Crippen LogP contribution in [0.5, 0.6) is 5.75 Å². The van der Waals surface area contributed by atoms with E-state index in [0.29, 0.717) is 17.9 Å². The van der Waals surface area contributed by atoms with Crippen molar-refractivity contribution in [1.82, 2.24) is 5.32 Å². The van der Waals surface area contributed by atoms with E-state index in [-0.39, 0.29) is 11.3 Å². The summed E-state index contributed by atoms with van der Waals surface area (Å²) in [6, 6.07) is 11.2. The highest BCUT2D eigenvalue weighted by Crippen LogP contribution is 2.23. The highest BCUT2D eigenvalue weighted by Gasteiger charge is 2.22. The fraction of sp³-hybridized carbons (Fsp3) is 0.263. The van der Waals surface area contributed by atoms with Crippen LogP contribution >= 0.6 is 0 Å². The fourth-order valence-corrected chi connectivity index (χ4v) is 2.50. The first-order chi connectivity index (χ1) is 12.9. The molecule has 0 fully saturated rings. The number of aliphatic carboxylic acids is 1. The first kappa shape index (κ1) is 19.9. The molecule has 8 heteroatoms. The van der Waals surface area contributed by atoms with Crippen LogP contribution in [0.3, 0.4) is 0 Å². The summed E-state index contributed by atoms with van der Waals surface area (Å²) < 4.78 is 5.47. The first-order valence-electron chi connectivity index (χ1n) is 8.39. The second-order valence-electron chi connectivity index (χ2n) is 5.79. The topological polar surface area (TPSA) is 122 Å². The van der Waals surface area contributed by atoms with Crippen molar-refractivity contribution in [3.05, 3.63) is 69.8 Å². The monoisotopic (exact) mass is 371 g/mol. The number of carbonyl (C=O) groups excluding carboxylic acids is 2. The molecule has 2 rings (SSSR count). The van der Waals surface area contributed by atoms with E-state index in [0.717, 1.165) is 6.42 Å². The number of nitrogens with one attached hydrogen (secondary N) is 1. The third-order valence-electron chi connectivity index (χ3n) is 3.78. The zero-order valence-corrected chi connectivity index (χ0v) is 14.7. The summed E-state index contributed by atoms with van der Waals surface area (Å²) in [5, 5.41) is 24.7. The van der Waals surface area contributed by atoms with E-state index in [9.17, 15) is 24.8 Å². The number of para-hydroxylation sites is 1. The smallest absolute Gasteiger partial charge is 0.282 e. The van der Waals surface area contributed by atoms with E-state index in [1.165, 1.54) is 24.3 Å². The largest absolute Gasteiger partial charge is 0.550 e. The number of nitro benzene ring substituents is 1. The van der Waals surface area contributed by atoms with Crippen LogP contribution in [-0.4, -0.2) is 23.4 Å². The van der Waals surface area contributed by atoms with Crippen LogP contribution in [0.2, 0.25) is 0 Å². The fourth-order valence-electron chi connectivity index (χ4n) is 2.50. The molecule has 1 N–H and O–H groups in total. The highest BCUT2D eigenvalue weighted by atomic mass is 16.6. The van der Waals surface area contributed by atoms with Crippen LogP contribution in [0.4, 0.5) is 5.69 Å². The first-order valence-corrected chi connectivity index (χ1v) is 8.39. The summed E-state index contributed by atoms with van der Waals surface area (Å²) in [5.41, 5.74) is 0.0224. The zero-order chi connectivity index (χ0) is 19.8. The van der Waals surface area contributed by atoms with Crippen LogP contribution in [0.1, 0.15) is 41.7 Å². The Hall–Kier alpha value is -3.42. The van der Waals surface area contributed by atoms with Crippen LogP contribution in [-0.2, 0) is 4.79 Å². The maximum atomic E-state index is 12.5. The van der Waals surface area contributed by atoms with Gasteiger partial charge in [-0.25, -0.2) is 0 Å². The number of hydrogen-bond acceptors (Lipinski definition) is 6. The van der Waals surface area contributed by atoms with Gasteiger partial charge in [0.15, 0.2) is 0 Å². The van der Waals surface area contributed by atoms with Gasteiger partial charge in [-0.1, -0.05) is 31.2 Å². The molecule has 27 heavy (non-hydrogen) atoms. The molecule has 0 aromatic heterocycles. The summed E-state index contributed by atoms with van der Waals surface area (Å²) in [4.78, 5) is 34.0. The second kappa shape index (κ2) is 9.33. The van der Waals surface area contributed by atoms with Crippen molar-refractivity contribution >= 4 is 17.6 Å². The molecule has 0 saturated carbocycles. The molecule has 0 spiro atoms. The van der Waals surface area contributed by atoms with Crippen molar-refractivity contribution in [1.29, 1.82) is 0 Å². The predicted octanol–water partition coefficient (Wildman–Crippen LogP) is 1.99. The van der Waals surface area contributed by atoms with Gasteiger partial charge in [-0.3, -0.25) is 14.9 Å². The maximum absolute atomic E-state index is 12.5. The van der Waals surface area contributed by atoms with Gasteiger partial charge in [0.1, 0.15) is 11.3 Å². The standard InChI is InChI=1S/C19H20N2O6/c1-2-11-27-14-9-7-13(8-10-14)16(12-18(22)23)20-19(24)15-5-3-4-6-17(15)21(25)26/h3-10,16H,2,11-12H2,1H3,(H,20,24)(H,22,23)/p-1/t16-/m0/s1. The minimum atomic E-state index is -1.35. The number of carboxylic acids is 1. The van der Waals surface area contributed by atoms with E-state index in [2.05, 4.69) is 5.32 Å². The second-order valence-corrected chi connectivity index (χ2v) is 5.79. The van der Waals surface area contributed by atoms with Gasteiger partial charge in [-0.05, 0) is 30.2 Å². The molecule has 2 aromatic rings. The summed E-state index contributed by atoms with van der Waals surface area (Å²) in [6.45, 7) is 2.53. The molecule has 0 aliphatic carbocycles. The molecule has 0 bridgehead atoms. The van der Waals surface area contributed by atoms with Crippen molar-refractivity contribution < 1.29 is 24.4 Å². The van der Waals surface area contributed by atoms with Gasteiger partial charge in [-0.2, -0.15) is 0 Å². The number of carbonyl (C=O) groups is 2. The molecular weight excluding hydrogens is 352 g/mol. The molecule has 0 saturated heterocycles. The lowest BCUT2D eigenvalue weighted by molar-refractivity contribution is -0.385. The van der Waals surface area contributed by atoms with Gasteiger partial charge in [0.05, 0.1) is 17.6 Å². The number of ether oxygens (including phenoxy) is 1.